The van der Waals surface area contributed by atoms with E-state index in [1.165, 1.54) is 6.07 Å². The first-order chi connectivity index (χ1) is 9.72. The summed E-state index contributed by atoms with van der Waals surface area (Å²) in [6.45, 7) is 8.20. The van der Waals surface area contributed by atoms with E-state index in [1.807, 2.05) is 20.8 Å². The molecule has 0 spiro atoms. The topological polar surface area (TPSA) is 66.5 Å². The second-order valence-electron chi connectivity index (χ2n) is 4.76. The van der Waals surface area contributed by atoms with Gasteiger partial charge in [-0.3, -0.25) is 4.79 Å². The number of hydrogen-bond donors (Lipinski definition) is 1. The lowest BCUT2D eigenvalue weighted by atomic mass is 10.2. The Kier molecular flexibility index (Phi) is 6.37. The lowest BCUT2D eigenvalue weighted by Crippen LogP contribution is -2.46. The van der Waals surface area contributed by atoms with Crippen molar-refractivity contribution in [2.24, 2.45) is 0 Å². The number of carbonyl (C=O) groups is 1. The SMILES string of the molecule is CCN(CC)C(=O)[C@H](C)NS(=O)(=O)c1ccc(Br)c(C)c1. The summed E-state index contributed by atoms with van der Waals surface area (Å²) < 4.78 is 27.9. The van der Waals surface area contributed by atoms with Gasteiger partial charge in [-0.05, 0) is 51.5 Å². The van der Waals surface area contributed by atoms with Crippen LogP contribution in [-0.4, -0.2) is 38.4 Å². The molecule has 0 aliphatic heterocycles. The number of rotatable bonds is 6. The zero-order valence-corrected chi connectivity index (χ0v) is 15.1. The number of carbonyl (C=O) groups excluding carboxylic acids is 1. The van der Waals surface area contributed by atoms with E-state index in [0.717, 1.165) is 10.0 Å². The fraction of sp³-hybridized carbons (Fsp3) is 0.500. The van der Waals surface area contributed by atoms with Crippen LogP contribution in [0.3, 0.4) is 0 Å². The summed E-state index contributed by atoms with van der Waals surface area (Å²) in [7, 11) is -3.71. The highest BCUT2D eigenvalue weighted by Crippen LogP contribution is 2.20. The molecule has 0 unspecified atom stereocenters. The maximum Gasteiger partial charge on any atom is 0.241 e. The van der Waals surface area contributed by atoms with Crippen LogP contribution in [0.4, 0.5) is 0 Å². The Labute approximate surface area is 134 Å². The van der Waals surface area contributed by atoms with Crippen molar-refractivity contribution in [2.75, 3.05) is 13.1 Å². The van der Waals surface area contributed by atoms with Crippen molar-refractivity contribution in [2.45, 2.75) is 38.6 Å². The van der Waals surface area contributed by atoms with Crippen LogP contribution in [0.1, 0.15) is 26.3 Å². The minimum absolute atomic E-state index is 0.155. The third-order valence-electron chi connectivity index (χ3n) is 3.22. The lowest BCUT2D eigenvalue weighted by molar-refractivity contribution is -0.132. The Bertz CT molecular complexity index is 613. The van der Waals surface area contributed by atoms with Gasteiger partial charge in [-0.25, -0.2) is 8.42 Å². The summed E-state index contributed by atoms with van der Waals surface area (Å²) in [4.78, 5) is 13.9. The standard InChI is InChI=1S/C14H21BrN2O3S/c1-5-17(6-2)14(18)11(4)16-21(19,20)12-7-8-13(15)10(3)9-12/h7-9,11,16H,5-6H2,1-4H3/t11-/m0/s1. The number of amides is 1. The molecule has 0 saturated heterocycles. The Balaban J connectivity index is 2.94. The van der Waals surface area contributed by atoms with Crippen molar-refractivity contribution in [1.82, 2.24) is 9.62 Å². The van der Waals surface area contributed by atoms with Crippen molar-refractivity contribution in [3.63, 3.8) is 0 Å². The van der Waals surface area contributed by atoms with E-state index in [2.05, 4.69) is 20.7 Å². The van der Waals surface area contributed by atoms with Crippen LogP contribution in [0.5, 0.6) is 0 Å². The maximum absolute atomic E-state index is 12.3. The van der Waals surface area contributed by atoms with Gasteiger partial charge in [0.05, 0.1) is 10.9 Å². The molecule has 0 aromatic heterocycles. The predicted molar refractivity (Wildman–Crippen MR) is 86.6 cm³/mol. The van der Waals surface area contributed by atoms with Gasteiger partial charge in [0.2, 0.25) is 15.9 Å². The molecule has 0 saturated carbocycles. The number of hydrogen-bond acceptors (Lipinski definition) is 3. The smallest absolute Gasteiger partial charge is 0.241 e. The van der Waals surface area contributed by atoms with E-state index in [-0.39, 0.29) is 10.8 Å². The molecule has 5 nitrogen and oxygen atoms in total. The van der Waals surface area contributed by atoms with Crippen molar-refractivity contribution in [1.29, 1.82) is 0 Å². The average molecular weight is 377 g/mol. The monoisotopic (exact) mass is 376 g/mol. The molecular weight excluding hydrogens is 356 g/mol. The molecule has 1 aromatic rings. The molecule has 0 bridgehead atoms. The highest BCUT2D eigenvalue weighted by molar-refractivity contribution is 9.10. The van der Waals surface area contributed by atoms with Gasteiger partial charge >= 0.3 is 0 Å². The van der Waals surface area contributed by atoms with Crippen molar-refractivity contribution < 1.29 is 13.2 Å². The predicted octanol–water partition coefficient (Wildman–Crippen LogP) is 2.29. The zero-order chi connectivity index (χ0) is 16.2. The van der Waals surface area contributed by atoms with Crippen LogP contribution in [-0.2, 0) is 14.8 Å². The normalized spacial score (nSPS) is 13.0. The number of likely N-dealkylation sites (N-methyl/N-ethyl adjacent to an activating group) is 1. The molecule has 118 valence electrons. The lowest BCUT2D eigenvalue weighted by Gasteiger charge is -2.23. The Morgan fingerprint density at radius 3 is 2.38 bits per heavy atom. The van der Waals surface area contributed by atoms with E-state index in [1.54, 1.807) is 24.0 Å². The highest BCUT2D eigenvalue weighted by Gasteiger charge is 2.24. The number of nitrogens with one attached hydrogen (secondary N) is 1. The number of halogens is 1. The van der Waals surface area contributed by atoms with Gasteiger partial charge in [0.25, 0.3) is 0 Å². The molecule has 0 heterocycles. The molecule has 0 radical (unpaired) electrons. The summed E-state index contributed by atoms with van der Waals surface area (Å²) in [5, 5.41) is 0. The third kappa shape index (κ3) is 4.52. The first-order valence-corrected chi connectivity index (χ1v) is 9.07. The van der Waals surface area contributed by atoms with Gasteiger partial charge in [-0.15, -0.1) is 0 Å². The number of sulfonamides is 1. The van der Waals surface area contributed by atoms with E-state index in [4.69, 9.17) is 0 Å². The largest absolute Gasteiger partial charge is 0.342 e. The minimum atomic E-state index is -3.71. The zero-order valence-electron chi connectivity index (χ0n) is 12.7. The molecular formula is C14H21BrN2O3S. The number of benzene rings is 1. The third-order valence-corrected chi connectivity index (χ3v) is 5.65. The molecule has 0 aliphatic rings. The summed E-state index contributed by atoms with van der Waals surface area (Å²) >= 11 is 3.33. The van der Waals surface area contributed by atoms with Crippen LogP contribution in [0, 0.1) is 6.92 Å². The summed E-state index contributed by atoms with van der Waals surface area (Å²) in [5.41, 5.74) is 0.820. The van der Waals surface area contributed by atoms with E-state index in [9.17, 15) is 13.2 Å². The van der Waals surface area contributed by atoms with Gasteiger partial charge in [-0.2, -0.15) is 4.72 Å². The van der Waals surface area contributed by atoms with Crippen LogP contribution in [0.2, 0.25) is 0 Å². The maximum atomic E-state index is 12.3. The fourth-order valence-corrected chi connectivity index (χ4v) is 3.47. The molecule has 1 amide bonds. The van der Waals surface area contributed by atoms with Crippen LogP contribution < -0.4 is 4.72 Å². The molecule has 21 heavy (non-hydrogen) atoms. The molecule has 7 heteroatoms. The first-order valence-electron chi connectivity index (χ1n) is 6.80. The molecule has 1 aromatic carbocycles. The molecule has 1 atom stereocenters. The minimum Gasteiger partial charge on any atom is -0.342 e. The van der Waals surface area contributed by atoms with Crippen molar-refractivity contribution in [3.8, 4) is 0 Å². The van der Waals surface area contributed by atoms with Crippen molar-refractivity contribution in [3.05, 3.63) is 28.2 Å². The Hall–Kier alpha value is -0.920. The van der Waals surface area contributed by atoms with Gasteiger partial charge in [0.1, 0.15) is 0 Å². The second kappa shape index (κ2) is 7.38. The summed E-state index contributed by atoms with van der Waals surface area (Å²) in [6, 6.07) is 3.97. The second-order valence-corrected chi connectivity index (χ2v) is 7.33. The number of aryl methyl sites for hydroxylation is 1. The fourth-order valence-electron chi connectivity index (χ4n) is 1.94. The van der Waals surface area contributed by atoms with E-state index < -0.39 is 16.1 Å². The van der Waals surface area contributed by atoms with Gasteiger partial charge in [0, 0.05) is 17.6 Å². The van der Waals surface area contributed by atoms with E-state index >= 15 is 0 Å². The molecule has 1 N–H and O–H groups in total. The number of nitrogens with zero attached hydrogens (tertiary/aromatic N) is 1. The average Bonchev–Trinajstić information content (AvgIpc) is 2.42. The van der Waals surface area contributed by atoms with Crippen LogP contribution in [0.25, 0.3) is 0 Å². The van der Waals surface area contributed by atoms with Gasteiger partial charge in [0.15, 0.2) is 0 Å². The summed E-state index contributed by atoms with van der Waals surface area (Å²) in [5.74, 6) is -0.225. The quantitative estimate of drug-likeness (QED) is 0.827. The van der Waals surface area contributed by atoms with Gasteiger partial charge < -0.3 is 4.90 Å². The Morgan fingerprint density at radius 2 is 1.90 bits per heavy atom. The van der Waals surface area contributed by atoms with Crippen molar-refractivity contribution >= 4 is 31.9 Å². The first kappa shape index (κ1) is 18.1. The molecule has 1 rings (SSSR count). The Morgan fingerprint density at radius 1 is 1.33 bits per heavy atom. The molecule has 0 aliphatic carbocycles. The van der Waals surface area contributed by atoms with Crippen LogP contribution >= 0.6 is 15.9 Å². The molecule has 0 fully saturated rings. The highest BCUT2D eigenvalue weighted by atomic mass is 79.9. The summed E-state index contributed by atoms with van der Waals surface area (Å²) in [6.07, 6.45) is 0. The van der Waals surface area contributed by atoms with Crippen LogP contribution in [0.15, 0.2) is 27.6 Å². The van der Waals surface area contributed by atoms with E-state index in [0.29, 0.717) is 13.1 Å². The van der Waals surface area contributed by atoms with Gasteiger partial charge in [-0.1, -0.05) is 15.9 Å².